The molecule has 0 aliphatic carbocycles. The number of carbonyl (C=O) groups is 2. The highest BCUT2D eigenvalue weighted by Gasteiger charge is 2.44. The summed E-state index contributed by atoms with van der Waals surface area (Å²) in [6.07, 6.45) is 0. The van der Waals surface area contributed by atoms with E-state index >= 15 is 0 Å². The summed E-state index contributed by atoms with van der Waals surface area (Å²) in [5, 5.41) is 14.1. The highest BCUT2D eigenvalue weighted by molar-refractivity contribution is 6.46. The number of Topliss-reactive ketones (excluding diaryl/α,β-unsaturated/α-hetero) is 1. The summed E-state index contributed by atoms with van der Waals surface area (Å²) >= 11 is 6.24. The number of halogens is 1. The maximum absolute atomic E-state index is 13.6. The fourth-order valence-electron chi connectivity index (χ4n) is 4.65. The minimum absolute atomic E-state index is 0.0686. The number of quaternary nitrogens is 1. The van der Waals surface area contributed by atoms with Gasteiger partial charge in [0.25, 0.3) is 5.91 Å². The molecule has 8 nitrogen and oxygen atoms in total. The van der Waals surface area contributed by atoms with Gasteiger partial charge in [0.1, 0.15) is 26.3 Å². The molecule has 1 amide bonds. The Morgan fingerprint density at radius 3 is 2.56 bits per heavy atom. The molecule has 3 aliphatic heterocycles. The molecule has 5 rings (SSSR count). The maximum Gasteiger partial charge on any atom is 0.295 e. The van der Waals surface area contributed by atoms with E-state index in [1.165, 1.54) is 9.80 Å². The molecule has 2 saturated heterocycles. The van der Waals surface area contributed by atoms with E-state index in [9.17, 15) is 14.7 Å². The molecule has 1 atom stereocenters. The van der Waals surface area contributed by atoms with E-state index in [2.05, 4.69) is 0 Å². The Morgan fingerprint density at radius 1 is 1.03 bits per heavy atom. The van der Waals surface area contributed by atoms with E-state index in [0.29, 0.717) is 61.6 Å². The van der Waals surface area contributed by atoms with E-state index in [4.69, 9.17) is 25.8 Å². The Labute approximate surface area is 202 Å². The molecule has 0 bridgehead atoms. The second kappa shape index (κ2) is 9.66. The largest absolute Gasteiger partial charge is 0.872 e. The van der Waals surface area contributed by atoms with Gasteiger partial charge in [0.2, 0.25) is 5.78 Å². The lowest BCUT2D eigenvalue weighted by molar-refractivity contribution is -0.907. The third kappa shape index (κ3) is 4.36. The van der Waals surface area contributed by atoms with Gasteiger partial charge in [0.15, 0.2) is 11.5 Å². The normalized spacial score (nSPS) is 22.3. The summed E-state index contributed by atoms with van der Waals surface area (Å²) in [6, 6.07) is 11.0. The van der Waals surface area contributed by atoms with Crippen LogP contribution in [0.1, 0.15) is 17.2 Å². The van der Waals surface area contributed by atoms with Gasteiger partial charge in [-0.1, -0.05) is 35.6 Å². The fraction of sp³-hybridized carbons (Fsp3) is 0.360. The van der Waals surface area contributed by atoms with E-state index in [-0.39, 0.29) is 11.1 Å². The average Bonchev–Trinajstić information content (AvgIpc) is 3.12. The minimum Gasteiger partial charge on any atom is -0.872 e. The fourth-order valence-corrected chi connectivity index (χ4v) is 4.85. The molecule has 9 heteroatoms. The maximum atomic E-state index is 13.6. The molecule has 0 spiro atoms. The first-order chi connectivity index (χ1) is 16.5. The average molecular weight is 485 g/mol. The van der Waals surface area contributed by atoms with Crippen molar-refractivity contribution in [3.05, 3.63) is 64.2 Å². The van der Waals surface area contributed by atoms with Gasteiger partial charge >= 0.3 is 0 Å². The SMILES string of the molecule is O=C1C(=O)N(CC[NH+]2CCOCC2)C(c2cccc(Cl)c2)C1=C([O-])c1ccc2c(c1)OCCO2. The van der Waals surface area contributed by atoms with Crippen molar-refractivity contribution in [2.45, 2.75) is 6.04 Å². The van der Waals surface area contributed by atoms with Gasteiger partial charge in [-0.15, -0.1) is 0 Å². The molecule has 3 heterocycles. The van der Waals surface area contributed by atoms with E-state index < -0.39 is 23.5 Å². The molecule has 0 radical (unpaired) electrons. The van der Waals surface area contributed by atoms with Crippen molar-refractivity contribution in [1.29, 1.82) is 0 Å². The highest BCUT2D eigenvalue weighted by Crippen LogP contribution is 2.40. The molecule has 3 aliphatic rings. The molecule has 178 valence electrons. The van der Waals surface area contributed by atoms with Crippen LogP contribution in [0.2, 0.25) is 5.02 Å². The molecule has 34 heavy (non-hydrogen) atoms. The minimum atomic E-state index is -0.806. The van der Waals surface area contributed by atoms with E-state index in [0.717, 1.165) is 13.1 Å². The third-order valence-electron chi connectivity index (χ3n) is 6.40. The third-order valence-corrected chi connectivity index (χ3v) is 6.64. The number of likely N-dealkylation sites (tertiary alicyclic amines) is 1. The van der Waals surface area contributed by atoms with Crippen molar-refractivity contribution in [2.24, 2.45) is 0 Å². The second-order valence-corrected chi connectivity index (χ2v) is 8.94. The first kappa shape index (κ1) is 22.7. The zero-order chi connectivity index (χ0) is 23.7. The molecule has 0 saturated carbocycles. The Kier molecular flexibility index (Phi) is 6.45. The van der Waals surface area contributed by atoms with Gasteiger partial charge in [-0.05, 0) is 35.4 Å². The number of nitrogens with zero attached hydrogens (tertiary/aromatic N) is 1. The van der Waals surface area contributed by atoms with Crippen LogP contribution in [0.5, 0.6) is 11.5 Å². The Morgan fingerprint density at radius 2 is 1.79 bits per heavy atom. The number of rotatable bonds is 5. The number of amides is 1. The molecule has 1 N–H and O–H groups in total. The standard InChI is InChI=1S/C25H25ClN2O6/c26-18-3-1-2-16(14-18)22-21(23(29)17-4-5-19-20(15-17)34-13-12-33-19)24(30)25(31)28(22)7-6-27-8-10-32-11-9-27/h1-5,14-15,22,29H,6-13H2. The zero-order valence-electron chi connectivity index (χ0n) is 18.6. The number of ether oxygens (including phenoxy) is 3. The number of nitrogens with one attached hydrogen (secondary N) is 1. The number of hydrogen-bond acceptors (Lipinski definition) is 6. The van der Waals surface area contributed by atoms with Crippen LogP contribution in [-0.4, -0.2) is 69.2 Å². The summed E-state index contributed by atoms with van der Waals surface area (Å²) in [6.45, 7) is 4.82. The van der Waals surface area contributed by atoms with Crippen LogP contribution in [0.4, 0.5) is 0 Å². The van der Waals surface area contributed by atoms with Gasteiger partial charge in [-0.25, -0.2) is 0 Å². The van der Waals surface area contributed by atoms with Crippen molar-refractivity contribution in [3.63, 3.8) is 0 Å². The number of ketones is 1. The van der Waals surface area contributed by atoms with Crippen LogP contribution in [0, 0.1) is 0 Å². The van der Waals surface area contributed by atoms with Crippen LogP contribution in [0.15, 0.2) is 48.0 Å². The van der Waals surface area contributed by atoms with Crippen LogP contribution in [-0.2, 0) is 14.3 Å². The quantitative estimate of drug-likeness (QED) is 0.371. The van der Waals surface area contributed by atoms with Gasteiger partial charge in [-0.3, -0.25) is 9.59 Å². The lowest BCUT2D eigenvalue weighted by atomic mass is 9.95. The molecule has 2 fully saturated rings. The Balaban J connectivity index is 1.54. The molecular formula is C25H25ClN2O6. The van der Waals surface area contributed by atoms with E-state index in [1.54, 1.807) is 42.5 Å². The van der Waals surface area contributed by atoms with Gasteiger partial charge in [-0.2, -0.15) is 0 Å². The highest BCUT2D eigenvalue weighted by atomic mass is 35.5. The molecule has 2 aromatic rings. The number of fused-ring (bicyclic) bond motifs is 1. The number of morpholine rings is 1. The number of benzene rings is 2. The van der Waals surface area contributed by atoms with Crippen LogP contribution >= 0.6 is 11.6 Å². The van der Waals surface area contributed by atoms with Crippen molar-refractivity contribution in [3.8, 4) is 11.5 Å². The molecule has 2 aromatic carbocycles. The van der Waals surface area contributed by atoms with Crippen LogP contribution in [0.25, 0.3) is 5.76 Å². The van der Waals surface area contributed by atoms with Crippen LogP contribution in [0.3, 0.4) is 0 Å². The predicted molar refractivity (Wildman–Crippen MR) is 122 cm³/mol. The van der Waals surface area contributed by atoms with Gasteiger partial charge in [0, 0.05) is 10.6 Å². The van der Waals surface area contributed by atoms with Gasteiger partial charge in [0.05, 0.1) is 32.3 Å². The van der Waals surface area contributed by atoms with Crippen molar-refractivity contribution < 1.29 is 33.8 Å². The summed E-state index contributed by atoms with van der Waals surface area (Å²) in [5.41, 5.74) is 0.832. The van der Waals surface area contributed by atoms with Crippen LogP contribution < -0.4 is 19.5 Å². The summed E-state index contributed by atoms with van der Waals surface area (Å²) in [7, 11) is 0. The second-order valence-electron chi connectivity index (χ2n) is 8.50. The summed E-state index contributed by atoms with van der Waals surface area (Å²) in [5.74, 6) is -0.952. The number of carbonyl (C=O) groups excluding carboxylic acids is 2. The van der Waals surface area contributed by atoms with Crippen molar-refractivity contribution in [1.82, 2.24) is 4.90 Å². The topological polar surface area (TPSA) is 92.6 Å². The summed E-state index contributed by atoms with van der Waals surface area (Å²) in [4.78, 5) is 29.1. The molecular weight excluding hydrogens is 460 g/mol. The van der Waals surface area contributed by atoms with E-state index in [1.807, 2.05) is 0 Å². The smallest absolute Gasteiger partial charge is 0.295 e. The lowest BCUT2D eigenvalue weighted by Gasteiger charge is -2.30. The Bertz CT molecular complexity index is 1140. The predicted octanol–water partition coefficient (Wildman–Crippen LogP) is 0.250. The summed E-state index contributed by atoms with van der Waals surface area (Å²) < 4.78 is 16.5. The molecule has 1 unspecified atom stereocenters. The Hall–Kier alpha value is -3.07. The monoisotopic (exact) mass is 484 g/mol. The van der Waals surface area contributed by atoms with Gasteiger partial charge < -0.3 is 29.1 Å². The molecule has 0 aromatic heterocycles. The first-order valence-corrected chi connectivity index (χ1v) is 11.7. The number of hydrogen-bond donors (Lipinski definition) is 1. The van der Waals surface area contributed by atoms with Crippen molar-refractivity contribution in [2.75, 3.05) is 52.6 Å². The first-order valence-electron chi connectivity index (χ1n) is 11.4. The lowest BCUT2D eigenvalue weighted by Crippen LogP contribution is -3.14. The zero-order valence-corrected chi connectivity index (χ0v) is 19.3. The van der Waals surface area contributed by atoms with Crippen molar-refractivity contribution >= 4 is 29.1 Å².